The molecule has 28 heteroatoms. The molecule has 4 aromatic heterocycles. The molecule has 2 saturated heterocycles. The zero-order chi connectivity index (χ0) is 54.4. The first-order valence-electron chi connectivity index (χ1n) is 23.5. The van der Waals surface area contributed by atoms with Gasteiger partial charge in [0.25, 0.3) is 6.47 Å². The number of carbonyl (C=O) groups is 2. The molecule has 0 aliphatic carbocycles. The number of hydrogen-bond acceptors (Lipinski definition) is 13. The lowest BCUT2D eigenvalue weighted by Crippen LogP contribution is -2.42. The summed E-state index contributed by atoms with van der Waals surface area (Å²) in [6.07, 6.45) is 5.62. The molecule has 6 heterocycles. The highest BCUT2D eigenvalue weighted by atomic mass is 19.2. The van der Waals surface area contributed by atoms with Gasteiger partial charge < -0.3 is 42.6 Å². The molecule has 0 spiro atoms. The van der Waals surface area contributed by atoms with Gasteiger partial charge in [0.1, 0.15) is 28.8 Å². The molecule has 76 heavy (non-hydrogen) atoms. The van der Waals surface area contributed by atoms with Crippen LogP contribution in [-0.4, -0.2) is 112 Å². The highest BCUT2D eigenvalue weighted by molar-refractivity contribution is 5.98. The van der Waals surface area contributed by atoms with E-state index in [2.05, 4.69) is 40.6 Å². The van der Waals surface area contributed by atoms with Gasteiger partial charge in [-0.2, -0.15) is 0 Å². The van der Waals surface area contributed by atoms with Crippen molar-refractivity contribution in [3.05, 3.63) is 122 Å². The van der Waals surface area contributed by atoms with E-state index < -0.39 is 80.5 Å². The molecule has 2 aliphatic rings. The van der Waals surface area contributed by atoms with Gasteiger partial charge in [-0.1, -0.05) is 12.8 Å². The molecule has 2 fully saturated rings. The van der Waals surface area contributed by atoms with Crippen LogP contribution in [0.4, 0.5) is 38.0 Å². The number of benzene rings is 2. The second kappa shape index (κ2) is 22.9. The predicted molar refractivity (Wildman–Crippen MR) is 270 cm³/mol. The average molecular weight is 1060 g/mol. The third kappa shape index (κ3) is 11.9. The number of aromatic nitrogens is 4. The first-order chi connectivity index (χ1) is 36.4. The van der Waals surface area contributed by atoms with Crippen molar-refractivity contribution < 1.29 is 45.8 Å². The predicted octanol–water partition coefficient (Wildman–Crippen LogP) is 3.01. The van der Waals surface area contributed by atoms with Crippen LogP contribution < -0.4 is 59.0 Å². The van der Waals surface area contributed by atoms with E-state index in [1.165, 1.54) is 0 Å². The van der Waals surface area contributed by atoms with Gasteiger partial charge in [0, 0.05) is 57.6 Å². The molecular formula is C48H48F6N16O6. The second-order valence-electron chi connectivity index (χ2n) is 17.5. The standard InChI is InChI=1S/C48H48F6N16O6/c49-24-5-7-35(31(51)15-24)69-21-30(44(74)75)38(72)28-17-33(53)42(63-40(28)69)67-13-9-26(19-67)61-47(57)65-45(55)59-11-3-1-2-4-12-60-46(56)66-48(58)62-27-10-14-68(20-27)43-34(54)18-29-39(73)37(76-23-71)22-70(41(29)64-43)36-8-6-25(50)16-32(36)52/h5-8,15-18,21-23,26-27H,1-4,9-14,19-20H2,(H,74,75)(H5,55,57,59,61,65)(H5,56,58,60,62,66). The van der Waals surface area contributed by atoms with Gasteiger partial charge >= 0.3 is 5.97 Å². The molecule has 2 aromatic carbocycles. The number of nitrogens with one attached hydrogen (secondary N) is 2. The number of guanidine groups is 4. The number of halogens is 6. The van der Waals surface area contributed by atoms with Crippen molar-refractivity contribution in [1.82, 2.24) is 29.7 Å². The van der Waals surface area contributed by atoms with Crippen molar-refractivity contribution in [1.29, 1.82) is 0 Å². The van der Waals surface area contributed by atoms with Crippen LogP contribution >= 0.6 is 0 Å². The number of fused-ring (bicyclic) bond motifs is 2. The van der Waals surface area contributed by atoms with E-state index in [1.54, 1.807) is 9.80 Å². The minimum absolute atomic E-state index is 0.00895. The number of carboxylic acid groups (broad SMARTS) is 1. The van der Waals surface area contributed by atoms with Crippen LogP contribution in [0.1, 0.15) is 48.9 Å². The lowest BCUT2D eigenvalue weighted by Gasteiger charge is -2.20. The molecule has 22 nitrogen and oxygen atoms in total. The lowest BCUT2D eigenvalue weighted by molar-refractivity contribution is -0.120. The Balaban J connectivity index is 0.780. The van der Waals surface area contributed by atoms with Gasteiger partial charge in [-0.25, -0.2) is 51.1 Å². The fourth-order valence-electron chi connectivity index (χ4n) is 8.71. The van der Waals surface area contributed by atoms with Crippen molar-refractivity contribution in [2.45, 2.75) is 50.6 Å². The van der Waals surface area contributed by atoms with E-state index in [1.807, 2.05) is 0 Å². The summed E-state index contributed by atoms with van der Waals surface area (Å²) in [5, 5.41) is 14.3. The van der Waals surface area contributed by atoms with Crippen LogP contribution in [0.15, 0.2) is 90.5 Å². The van der Waals surface area contributed by atoms with Crippen LogP contribution in [0.3, 0.4) is 0 Å². The molecular weight excluding hydrogens is 1010 g/mol. The van der Waals surface area contributed by atoms with Gasteiger partial charge in [-0.15, -0.1) is 0 Å². The molecule has 2 unspecified atom stereocenters. The SMILES string of the molecule is NC(=NCCCCCCN=C(N)NC(N)=NC1CCN(c2nc3c(cc2F)c(=O)c(C(=O)O)cn3-c2ccc(F)cc2F)C1)NC(N)=NC1CCN(c2nc3c(cc2F)c(=O)c(OC=O)cn3-c2ccc(F)cc2F)C1. The van der Waals surface area contributed by atoms with Crippen molar-refractivity contribution >= 4 is 70.0 Å². The van der Waals surface area contributed by atoms with Crippen LogP contribution in [0.25, 0.3) is 33.4 Å². The van der Waals surface area contributed by atoms with E-state index in [4.69, 9.17) is 27.7 Å². The highest BCUT2D eigenvalue weighted by Gasteiger charge is 2.30. The Morgan fingerprint density at radius 2 is 1.12 bits per heavy atom. The molecule has 0 radical (unpaired) electrons. The summed E-state index contributed by atoms with van der Waals surface area (Å²) in [5.41, 5.74) is 20.6. The molecule has 8 rings (SSSR count). The summed E-state index contributed by atoms with van der Waals surface area (Å²) in [6.45, 7) is 1.55. The number of aromatic carboxylic acids is 1. The van der Waals surface area contributed by atoms with Crippen LogP contribution in [0.5, 0.6) is 5.75 Å². The Bertz CT molecular complexity index is 3500. The maximum absolute atomic E-state index is 15.6. The fraction of sp³-hybridized carbons (Fsp3) is 0.292. The van der Waals surface area contributed by atoms with Crippen LogP contribution in [0.2, 0.25) is 0 Å². The number of unbranched alkanes of at least 4 members (excludes halogenated alkanes) is 3. The molecule has 6 aromatic rings. The topological polar surface area (TPSA) is 317 Å². The Hall–Kier alpha value is -9.24. The Labute approximate surface area is 426 Å². The monoisotopic (exact) mass is 1060 g/mol. The fourth-order valence-corrected chi connectivity index (χ4v) is 8.71. The van der Waals surface area contributed by atoms with E-state index in [0.717, 1.165) is 70.8 Å². The molecule has 0 amide bonds. The number of pyridine rings is 4. The molecule has 0 bridgehead atoms. The number of carbonyl (C=O) groups excluding carboxylic acids is 1. The zero-order valence-electron chi connectivity index (χ0n) is 40.0. The number of hydrogen-bond donors (Lipinski definition) is 7. The van der Waals surface area contributed by atoms with Crippen molar-refractivity contribution in [3.8, 4) is 17.1 Å². The quantitative estimate of drug-likeness (QED) is 0.0241. The van der Waals surface area contributed by atoms with Gasteiger partial charge in [-0.3, -0.25) is 44.1 Å². The minimum Gasteiger partial charge on any atom is -0.477 e. The Morgan fingerprint density at radius 3 is 1.57 bits per heavy atom. The first-order valence-corrected chi connectivity index (χ1v) is 23.5. The largest absolute Gasteiger partial charge is 0.477 e. The van der Waals surface area contributed by atoms with Crippen LogP contribution in [0, 0.1) is 34.9 Å². The van der Waals surface area contributed by atoms with Crippen LogP contribution in [-0.2, 0) is 4.79 Å². The van der Waals surface area contributed by atoms with E-state index in [9.17, 15) is 41.8 Å². The highest BCUT2D eigenvalue weighted by Crippen LogP contribution is 2.30. The van der Waals surface area contributed by atoms with Gasteiger partial charge in [0.2, 0.25) is 10.9 Å². The number of nitrogens with two attached hydrogens (primary N) is 4. The Kier molecular flexibility index (Phi) is 16.0. The summed E-state index contributed by atoms with van der Waals surface area (Å²) in [4.78, 5) is 78.2. The van der Waals surface area contributed by atoms with E-state index >= 15 is 8.78 Å². The minimum atomic E-state index is -1.63. The number of aliphatic imine (C=N–C) groups is 4. The van der Waals surface area contributed by atoms with Gasteiger partial charge in [0.15, 0.2) is 64.2 Å². The van der Waals surface area contributed by atoms with E-state index in [-0.39, 0.29) is 96.2 Å². The molecule has 2 aliphatic heterocycles. The normalized spacial score (nSPS) is 16.5. The van der Waals surface area contributed by atoms with Gasteiger partial charge in [-0.05, 0) is 62.1 Å². The second-order valence-corrected chi connectivity index (χ2v) is 17.5. The maximum atomic E-state index is 15.6. The molecule has 0 saturated carbocycles. The third-order valence-electron chi connectivity index (χ3n) is 12.2. The summed E-state index contributed by atoms with van der Waals surface area (Å²) < 4.78 is 95.2. The first kappa shape index (κ1) is 53.1. The summed E-state index contributed by atoms with van der Waals surface area (Å²) in [7, 11) is 0. The van der Waals surface area contributed by atoms with Crippen molar-refractivity contribution in [3.63, 3.8) is 0 Å². The van der Waals surface area contributed by atoms with Crippen molar-refractivity contribution in [2.75, 3.05) is 49.1 Å². The summed E-state index contributed by atoms with van der Waals surface area (Å²) in [6, 6.07) is 6.12. The number of anilines is 2. The number of nitrogens with zero attached hydrogens (tertiary/aromatic N) is 10. The lowest BCUT2D eigenvalue weighted by atomic mass is 10.1. The van der Waals surface area contributed by atoms with Gasteiger partial charge in [0.05, 0.1) is 40.4 Å². The van der Waals surface area contributed by atoms with E-state index in [0.29, 0.717) is 50.9 Å². The summed E-state index contributed by atoms with van der Waals surface area (Å²) in [5.74, 6) is -8.21. The smallest absolute Gasteiger partial charge is 0.341 e. The zero-order valence-corrected chi connectivity index (χ0v) is 40.0. The molecule has 398 valence electrons. The average Bonchev–Trinajstić information content (AvgIpc) is 4.03. The number of carboxylic acids is 1. The third-order valence-corrected chi connectivity index (χ3v) is 12.2. The summed E-state index contributed by atoms with van der Waals surface area (Å²) >= 11 is 0. The Morgan fingerprint density at radius 1 is 0.658 bits per heavy atom. The van der Waals surface area contributed by atoms with Crippen molar-refractivity contribution in [2.24, 2.45) is 42.9 Å². The number of rotatable bonds is 16. The molecule has 2 atom stereocenters. The number of ether oxygens (including phenoxy) is 1. The molecule has 11 N–H and O–H groups in total. The maximum Gasteiger partial charge on any atom is 0.341 e.